The smallest absolute Gasteiger partial charge is 0.245 e. The van der Waals surface area contributed by atoms with Crippen molar-refractivity contribution < 1.29 is 9.59 Å². The standard InChI is InChI=1S/C22H33N3O2/c1-18(26)24-22(12-6-3-7-13-22)21(27)23-16-20-11-15-25(17-20)14-10-19-8-4-2-5-9-19/h2,4-5,8-9,20H,3,6-7,10-17H2,1H3,(H,23,27)(H,24,26). The molecular formula is C22H33N3O2. The Hall–Kier alpha value is -1.88. The summed E-state index contributed by atoms with van der Waals surface area (Å²) < 4.78 is 0. The van der Waals surface area contributed by atoms with E-state index in [4.69, 9.17) is 0 Å². The summed E-state index contributed by atoms with van der Waals surface area (Å²) in [5, 5.41) is 6.11. The number of likely N-dealkylation sites (tertiary alicyclic amines) is 1. The molecule has 0 spiro atoms. The lowest BCUT2D eigenvalue weighted by Crippen LogP contribution is -2.59. The summed E-state index contributed by atoms with van der Waals surface area (Å²) >= 11 is 0. The van der Waals surface area contributed by atoms with Crippen molar-refractivity contribution in [3.8, 4) is 0 Å². The van der Waals surface area contributed by atoms with Gasteiger partial charge >= 0.3 is 0 Å². The van der Waals surface area contributed by atoms with Crippen LogP contribution in [0.3, 0.4) is 0 Å². The first-order valence-electron chi connectivity index (χ1n) is 10.4. The maximum Gasteiger partial charge on any atom is 0.245 e. The number of carbonyl (C=O) groups is 2. The van der Waals surface area contributed by atoms with Gasteiger partial charge in [-0.1, -0.05) is 49.6 Å². The lowest BCUT2D eigenvalue weighted by Gasteiger charge is -2.36. The van der Waals surface area contributed by atoms with Crippen molar-refractivity contribution in [2.75, 3.05) is 26.2 Å². The Morgan fingerprint density at radius 1 is 1.15 bits per heavy atom. The molecule has 0 bridgehead atoms. The van der Waals surface area contributed by atoms with Gasteiger partial charge in [0.1, 0.15) is 5.54 Å². The van der Waals surface area contributed by atoms with E-state index >= 15 is 0 Å². The van der Waals surface area contributed by atoms with Gasteiger partial charge < -0.3 is 15.5 Å². The van der Waals surface area contributed by atoms with Gasteiger partial charge in [-0.2, -0.15) is 0 Å². The molecule has 1 saturated carbocycles. The first-order chi connectivity index (χ1) is 13.1. The fourth-order valence-electron chi connectivity index (χ4n) is 4.52. The molecule has 2 fully saturated rings. The summed E-state index contributed by atoms with van der Waals surface area (Å²) in [5.74, 6) is 0.405. The second-order valence-electron chi connectivity index (χ2n) is 8.22. The van der Waals surface area contributed by atoms with Crippen LogP contribution in [0.15, 0.2) is 30.3 Å². The molecule has 2 aliphatic rings. The Balaban J connectivity index is 1.44. The molecule has 5 heteroatoms. The molecule has 148 valence electrons. The number of hydrogen-bond acceptors (Lipinski definition) is 3. The number of nitrogens with one attached hydrogen (secondary N) is 2. The monoisotopic (exact) mass is 371 g/mol. The van der Waals surface area contributed by atoms with E-state index in [1.165, 1.54) is 12.5 Å². The molecule has 1 heterocycles. The van der Waals surface area contributed by atoms with Crippen molar-refractivity contribution in [2.45, 2.75) is 57.4 Å². The van der Waals surface area contributed by atoms with Crippen LogP contribution in [-0.2, 0) is 16.0 Å². The van der Waals surface area contributed by atoms with Crippen molar-refractivity contribution >= 4 is 11.8 Å². The highest BCUT2D eigenvalue weighted by Gasteiger charge is 2.40. The predicted molar refractivity (Wildman–Crippen MR) is 107 cm³/mol. The quantitative estimate of drug-likeness (QED) is 0.774. The van der Waals surface area contributed by atoms with E-state index in [-0.39, 0.29) is 11.8 Å². The van der Waals surface area contributed by atoms with Crippen LogP contribution in [0.25, 0.3) is 0 Å². The van der Waals surface area contributed by atoms with Gasteiger partial charge in [0.2, 0.25) is 11.8 Å². The van der Waals surface area contributed by atoms with Crippen LogP contribution in [-0.4, -0.2) is 48.4 Å². The Labute approximate surface area is 162 Å². The van der Waals surface area contributed by atoms with E-state index in [2.05, 4.69) is 45.9 Å². The number of benzene rings is 1. The molecule has 1 aliphatic carbocycles. The Morgan fingerprint density at radius 2 is 1.89 bits per heavy atom. The van der Waals surface area contributed by atoms with Crippen LogP contribution in [0.4, 0.5) is 0 Å². The van der Waals surface area contributed by atoms with Gasteiger partial charge in [-0.3, -0.25) is 9.59 Å². The van der Waals surface area contributed by atoms with E-state index in [9.17, 15) is 9.59 Å². The number of hydrogen-bond donors (Lipinski definition) is 2. The molecule has 3 rings (SSSR count). The molecule has 1 unspecified atom stereocenters. The maximum atomic E-state index is 12.9. The van der Waals surface area contributed by atoms with Gasteiger partial charge in [0.25, 0.3) is 0 Å². The molecule has 1 aromatic rings. The highest BCUT2D eigenvalue weighted by molar-refractivity contribution is 5.91. The van der Waals surface area contributed by atoms with Gasteiger partial charge in [-0.25, -0.2) is 0 Å². The van der Waals surface area contributed by atoms with Crippen molar-refractivity contribution in [3.05, 3.63) is 35.9 Å². The van der Waals surface area contributed by atoms with Gasteiger partial charge in [0.15, 0.2) is 0 Å². The Kier molecular flexibility index (Phi) is 6.89. The second kappa shape index (κ2) is 9.36. The fourth-order valence-corrected chi connectivity index (χ4v) is 4.52. The normalized spacial score (nSPS) is 22.3. The zero-order valence-corrected chi connectivity index (χ0v) is 16.5. The van der Waals surface area contributed by atoms with E-state index in [1.54, 1.807) is 0 Å². The molecule has 1 atom stereocenters. The lowest BCUT2D eigenvalue weighted by molar-refractivity contribution is -0.134. The van der Waals surface area contributed by atoms with Gasteiger partial charge in [0, 0.05) is 26.6 Å². The molecule has 0 radical (unpaired) electrons. The van der Waals surface area contributed by atoms with E-state index in [1.807, 2.05) is 0 Å². The average molecular weight is 372 g/mol. The lowest BCUT2D eigenvalue weighted by atomic mass is 9.80. The summed E-state index contributed by atoms with van der Waals surface area (Å²) in [6.07, 6.45) is 6.87. The third-order valence-electron chi connectivity index (χ3n) is 6.04. The van der Waals surface area contributed by atoms with Crippen LogP contribution in [0, 0.1) is 5.92 Å². The van der Waals surface area contributed by atoms with Gasteiger partial charge in [0.05, 0.1) is 0 Å². The second-order valence-corrected chi connectivity index (χ2v) is 8.22. The Bertz CT molecular complexity index is 626. The molecule has 1 aliphatic heterocycles. The van der Waals surface area contributed by atoms with Crippen LogP contribution < -0.4 is 10.6 Å². The van der Waals surface area contributed by atoms with Crippen LogP contribution in [0.5, 0.6) is 0 Å². The highest BCUT2D eigenvalue weighted by atomic mass is 16.2. The molecule has 2 N–H and O–H groups in total. The summed E-state index contributed by atoms with van der Waals surface area (Å²) in [5.41, 5.74) is 0.694. The minimum absolute atomic E-state index is 0.0140. The molecule has 2 amide bonds. The molecular weight excluding hydrogens is 338 g/mol. The third-order valence-corrected chi connectivity index (χ3v) is 6.04. The van der Waals surface area contributed by atoms with Crippen LogP contribution in [0.1, 0.15) is 51.0 Å². The van der Waals surface area contributed by atoms with Crippen molar-refractivity contribution in [1.82, 2.24) is 15.5 Å². The van der Waals surface area contributed by atoms with Crippen LogP contribution in [0.2, 0.25) is 0 Å². The topological polar surface area (TPSA) is 61.4 Å². The Morgan fingerprint density at radius 3 is 2.59 bits per heavy atom. The largest absolute Gasteiger partial charge is 0.354 e. The molecule has 1 saturated heterocycles. The summed E-state index contributed by atoms with van der Waals surface area (Å²) in [6.45, 7) is 5.43. The third kappa shape index (κ3) is 5.55. The van der Waals surface area contributed by atoms with E-state index < -0.39 is 5.54 Å². The zero-order valence-electron chi connectivity index (χ0n) is 16.5. The minimum atomic E-state index is -0.685. The molecule has 27 heavy (non-hydrogen) atoms. The van der Waals surface area contributed by atoms with Crippen LogP contribution >= 0.6 is 0 Å². The minimum Gasteiger partial charge on any atom is -0.354 e. The van der Waals surface area contributed by atoms with Gasteiger partial charge in [-0.05, 0) is 43.7 Å². The van der Waals surface area contributed by atoms with E-state index in [0.29, 0.717) is 12.5 Å². The first-order valence-corrected chi connectivity index (χ1v) is 10.4. The summed E-state index contributed by atoms with van der Waals surface area (Å²) in [6, 6.07) is 10.6. The fraction of sp³-hybridized carbons (Fsp3) is 0.636. The van der Waals surface area contributed by atoms with Gasteiger partial charge in [-0.15, -0.1) is 0 Å². The maximum absolute atomic E-state index is 12.9. The van der Waals surface area contributed by atoms with E-state index in [0.717, 1.165) is 64.6 Å². The zero-order chi connectivity index (χ0) is 19.1. The predicted octanol–water partition coefficient (Wildman–Crippen LogP) is 2.51. The van der Waals surface area contributed by atoms with Crippen molar-refractivity contribution in [1.29, 1.82) is 0 Å². The molecule has 0 aromatic heterocycles. The number of amides is 2. The molecule has 1 aromatic carbocycles. The summed E-state index contributed by atoms with van der Waals surface area (Å²) in [7, 11) is 0. The number of carbonyl (C=O) groups excluding carboxylic acids is 2. The SMILES string of the molecule is CC(=O)NC1(C(=O)NCC2CCN(CCc3ccccc3)C2)CCCCC1. The molecule has 5 nitrogen and oxygen atoms in total. The average Bonchev–Trinajstić information content (AvgIpc) is 3.13. The van der Waals surface area contributed by atoms with Crippen molar-refractivity contribution in [3.63, 3.8) is 0 Å². The number of nitrogens with zero attached hydrogens (tertiary/aromatic N) is 1. The number of rotatable bonds is 7. The highest BCUT2D eigenvalue weighted by Crippen LogP contribution is 2.28. The first kappa shape index (κ1) is 19.9. The van der Waals surface area contributed by atoms with Crippen molar-refractivity contribution in [2.24, 2.45) is 5.92 Å². The summed E-state index contributed by atoms with van der Waals surface area (Å²) in [4.78, 5) is 27.0.